The molecule has 0 fully saturated rings. The van der Waals surface area contributed by atoms with Crippen LogP contribution >= 0.6 is 0 Å². The van der Waals surface area contributed by atoms with Crippen LogP contribution in [0.4, 0.5) is 34.1 Å². The molecule has 0 unspecified atom stereocenters. The molecular weight excluding hydrogens is 1750 g/mol. The van der Waals surface area contributed by atoms with Crippen molar-refractivity contribution < 1.29 is 17.7 Å². The van der Waals surface area contributed by atoms with Gasteiger partial charge in [0.1, 0.15) is 44.7 Å². The minimum Gasteiger partial charge on any atom is -0.455 e. The van der Waals surface area contributed by atoms with Crippen LogP contribution in [0.1, 0.15) is 49.9 Å². The van der Waals surface area contributed by atoms with Gasteiger partial charge in [-0.3, -0.25) is 0 Å². The lowest BCUT2D eigenvalue weighted by Gasteiger charge is -2.30. The average molecular weight is 1840 g/mol. The number of furan rings is 4. The Balaban J connectivity index is 0.000000144. The Morgan fingerprint density at radius 1 is 0.139 bits per heavy atom. The lowest BCUT2D eigenvalue weighted by Crippen LogP contribution is -2.18. The monoisotopic (exact) mass is 1840 g/mol. The molecule has 4 aromatic heterocycles. The first-order valence-corrected chi connectivity index (χ1v) is 49.6. The molecule has 0 aliphatic heterocycles. The SMILES string of the molecule is CC1(C)c2cc(-c3cccc4c3oc3ccccc34)ccc2-c2ccc(N(c3ccc(-c4ccc(-c5ccccc5)cc4)cc3)c3ccc4c(c3)C(C)(C)c3cc(-c5cccc6c5oc5ccccc56)ccc3-4)cc21.c1ccc(-c2ccc(-c3ccc(N(c4ccc(-c5ccc(-c6cccc7c6oc6ccccc67)cc5)cc4)c4ccc(-c5ccc(-c6cccc7c6oc6ccccc67)cc5)cc4)cc3)cc2)cc1. The molecule has 4 heterocycles. The molecule has 0 atom stereocenters. The van der Waals surface area contributed by atoms with Crippen LogP contribution in [0.25, 0.3) is 221 Å². The third kappa shape index (κ3) is 14.5. The lowest BCUT2D eigenvalue weighted by molar-refractivity contribution is 0.659. The summed E-state index contributed by atoms with van der Waals surface area (Å²) < 4.78 is 25.8. The van der Waals surface area contributed by atoms with Crippen molar-refractivity contribution in [2.45, 2.75) is 38.5 Å². The minimum absolute atomic E-state index is 0.272. The number of hydrogen-bond acceptors (Lipinski definition) is 6. The Morgan fingerprint density at radius 3 is 0.597 bits per heavy atom. The zero-order valence-corrected chi connectivity index (χ0v) is 79.9. The van der Waals surface area contributed by atoms with Crippen molar-refractivity contribution >= 4 is 122 Å². The van der Waals surface area contributed by atoms with Crippen molar-refractivity contribution in [3.63, 3.8) is 0 Å². The predicted molar refractivity (Wildman–Crippen MR) is 601 cm³/mol. The Hall–Kier alpha value is -18.4. The van der Waals surface area contributed by atoms with Gasteiger partial charge >= 0.3 is 0 Å². The van der Waals surface area contributed by atoms with E-state index in [1.165, 1.54) is 89.0 Å². The number of fused-ring (bicyclic) bond motifs is 18. The van der Waals surface area contributed by atoms with Crippen molar-refractivity contribution in [1.82, 2.24) is 0 Å². The molecule has 28 rings (SSSR count). The second kappa shape index (κ2) is 34.3. The molecule has 0 saturated carbocycles. The molecule has 2 aliphatic rings. The second-order valence-corrected chi connectivity index (χ2v) is 39.3. The van der Waals surface area contributed by atoms with Crippen LogP contribution in [0.15, 0.2) is 515 Å². The fourth-order valence-corrected chi connectivity index (χ4v) is 22.7. The van der Waals surface area contributed by atoms with Gasteiger partial charge < -0.3 is 27.5 Å². The van der Waals surface area contributed by atoms with Gasteiger partial charge in [0.2, 0.25) is 0 Å². The topological polar surface area (TPSA) is 59.0 Å². The van der Waals surface area contributed by atoms with Gasteiger partial charge in [-0.25, -0.2) is 0 Å². The summed E-state index contributed by atoms with van der Waals surface area (Å²) in [5.41, 5.74) is 46.9. The van der Waals surface area contributed by atoms with Crippen LogP contribution in [0.2, 0.25) is 0 Å². The van der Waals surface area contributed by atoms with Crippen molar-refractivity contribution in [3.05, 3.63) is 520 Å². The van der Waals surface area contributed by atoms with Gasteiger partial charge in [0, 0.05) is 110 Å². The molecule has 680 valence electrons. The van der Waals surface area contributed by atoms with Crippen LogP contribution < -0.4 is 9.80 Å². The third-order valence-electron chi connectivity index (χ3n) is 30.3. The first-order valence-electron chi connectivity index (χ1n) is 49.6. The summed E-state index contributed by atoms with van der Waals surface area (Å²) in [6.07, 6.45) is 0. The van der Waals surface area contributed by atoms with E-state index in [9.17, 15) is 0 Å². The van der Waals surface area contributed by atoms with Crippen LogP contribution in [-0.4, -0.2) is 0 Å². The van der Waals surface area contributed by atoms with Gasteiger partial charge in [-0.15, -0.1) is 0 Å². The number of hydrogen-bond donors (Lipinski definition) is 0. The smallest absolute Gasteiger partial charge is 0.143 e. The van der Waals surface area contributed by atoms with Gasteiger partial charge in [-0.05, 0) is 243 Å². The summed E-state index contributed by atoms with van der Waals surface area (Å²) in [6, 6.07) is 180. The molecule has 0 saturated heterocycles. The standard InChI is InChI=1S/C72H51NO2.C66H43NO2/c1-71(2)63-40-48(53-18-12-20-61-59-16-8-10-22-67(59)74-69(53)61)30-36-55(63)57-38-34-51(42-65(57)71)73(50-32-28-47(29-33-50)46-26-24-45(25-27-46)44-14-6-5-7-15-44)52-35-39-58-56-37-31-49(41-64(56)72(3,4)66(58)43-52)54-19-13-21-62-60-17-9-11-23-68(60)75-70(54)62;1-2-10-44(11-3-1)45-20-22-46(23-21-45)49-32-38-54(39-33-49)67(55-40-34-50(35-41-55)47-24-28-52(29-25-47)57-14-8-16-61-59-12-4-6-18-63(59)68-65(57)61)56-42-36-51(37-43-56)48-26-30-53(31-27-48)58-15-9-17-62-60-13-5-7-19-64(60)69-66(58)62/h5-43H,1-4H3;1-43H. The highest BCUT2D eigenvalue weighted by molar-refractivity contribution is 6.14. The Morgan fingerprint density at radius 2 is 0.326 bits per heavy atom. The van der Waals surface area contributed by atoms with Gasteiger partial charge in [-0.1, -0.05) is 416 Å². The zero-order chi connectivity index (χ0) is 95.8. The molecule has 2 aliphatic carbocycles. The van der Waals surface area contributed by atoms with Crippen LogP contribution in [0.3, 0.4) is 0 Å². The Labute approximate surface area is 835 Å². The first kappa shape index (κ1) is 84.9. The fraction of sp³-hybridized carbons (Fsp3) is 0.0435. The summed E-state index contributed by atoms with van der Waals surface area (Å²) in [6.45, 7) is 9.53. The lowest BCUT2D eigenvalue weighted by atomic mass is 9.81. The largest absolute Gasteiger partial charge is 0.455 e. The van der Waals surface area contributed by atoms with Crippen LogP contribution in [0, 0.1) is 0 Å². The number of rotatable bonds is 16. The van der Waals surface area contributed by atoms with Gasteiger partial charge in [0.05, 0.1) is 0 Å². The number of anilines is 6. The Kier molecular flexibility index (Phi) is 20.2. The van der Waals surface area contributed by atoms with Crippen molar-refractivity contribution in [3.8, 4) is 134 Å². The molecule has 6 heteroatoms. The number of benzene rings is 22. The Bertz CT molecular complexity index is 9070. The normalized spacial score (nSPS) is 12.7. The third-order valence-corrected chi connectivity index (χ3v) is 30.3. The molecule has 0 N–H and O–H groups in total. The second-order valence-electron chi connectivity index (χ2n) is 39.3. The van der Waals surface area contributed by atoms with E-state index in [0.29, 0.717) is 0 Å². The molecule has 0 amide bonds. The maximum Gasteiger partial charge on any atom is 0.143 e. The van der Waals surface area contributed by atoms with Crippen molar-refractivity contribution in [1.29, 1.82) is 0 Å². The summed E-state index contributed by atoms with van der Waals surface area (Å²) in [5, 5.41) is 9.13. The molecule has 22 aromatic carbocycles. The highest BCUT2D eigenvalue weighted by atomic mass is 16.3. The molecule has 144 heavy (non-hydrogen) atoms. The molecule has 26 aromatic rings. The zero-order valence-electron chi connectivity index (χ0n) is 79.9. The highest BCUT2D eigenvalue weighted by Crippen LogP contribution is 2.57. The van der Waals surface area contributed by atoms with E-state index in [1.54, 1.807) is 0 Å². The molecule has 0 spiro atoms. The van der Waals surface area contributed by atoms with Gasteiger partial charge in [0.25, 0.3) is 0 Å². The summed E-state index contributed by atoms with van der Waals surface area (Å²) in [4.78, 5) is 4.80. The molecular formula is C138H94N2O4. The van der Waals surface area contributed by atoms with E-state index in [-0.39, 0.29) is 10.8 Å². The highest BCUT2D eigenvalue weighted by Gasteiger charge is 2.40. The van der Waals surface area contributed by atoms with Crippen LogP contribution in [0.5, 0.6) is 0 Å². The quantitative estimate of drug-likeness (QED) is 0.0961. The van der Waals surface area contributed by atoms with E-state index >= 15 is 0 Å². The van der Waals surface area contributed by atoms with E-state index in [2.05, 4.69) is 499 Å². The van der Waals surface area contributed by atoms with Crippen molar-refractivity contribution in [2.24, 2.45) is 0 Å². The van der Waals surface area contributed by atoms with Crippen LogP contribution in [-0.2, 0) is 10.8 Å². The summed E-state index contributed by atoms with van der Waals surface area (Å²) in [7, 11) is 0. The van der Waals surface area contributed by atoms with Gasteiger partial charge in [-0.2, -0.15) is 0 Å². The maximum atomic E-state index is 6.55. The van der Waals surface area contributed by atoms with E-state index in [1.807, 2.05) is 36.4 Å². The number of nitrogens with zero attached hydrogens (tertiary/aromatic N) is 2. The molecule has 0 bridgehead atoms. The summed E-state index contributed by atoms with van der Waals surface area (Å²) in [5.74, 6) is 0. The summed E-state index contributed by atoms with van der Waals surface area (Å²) >= 11 is 0. The molecule has 6 nitrogen and oxygen atoms in total. The van der Waals surface area contributed by atoms with Crippen molar-refractivity contribution in [2.75, 3.05) is 9.80 Å². The molecule has 0 radical (unpaired) electrons. The fourth-order valence-electron chi connectivity index (χ4n) is 22.7. The average Bonchev–Trinajstić information content (AvgIpc) is 1.56. The van der Waals surface area contributed by atoms with E-state index in [4.69, 9.17) is 17.7 Å². The predicted octanol–water partition coefficient (Wildman–Crippen LogP) is 39.2. The van der Waals surface area contributed by atoms with E-state index in [0.717, 1.165) is 189 Å². The van der Waals surface area contributed by atoms with Gasteiger partial charge in [0.15, 0.2) is 0 Å². The van der Waals surface area contributed by atoms with E-state index < -0.39 is 0 Å². The number of para-hydroxylation sites is 8. The first-order chi connectivity index (χ1) is 70.8. The minimum atomic E-state index is -0.272. The maximum absolute atomic E-state index is 6.55.